The number of hydrogen-bond donors (Lipinski definition) is 1. The van der Waals surface area contributed by atoms with Gasteiger partial charge >= 0.3 is 0 Å². The summed E-state index contributed by atoms with van der Waals surface area (Å²) in [5, 5.41) is -0.412. The van der Waals surface area contributed by atoms with E-state index in [0.29, 0.717) is 42.5 Å². The molecule has 1 atom stereocenters. The van der Waals surface area contributed by atoms with Gasteiger partial charge in [-0.2, -0.15) is 0 Å². The Morgan fingerprint density at radius 1 is 0.903 bits per heavy atom. The summed E-state index contributed by atoms with van der Waals surface area (Å²) < 4.78 is 28.2. The van der Waals surface area contributed by atoms with Crippen molar-refractivity contribution in [3.63, 3.8) is 0 Å². The zero-order chi connectivity index (χ0) is 22.2. The minimum absolute atomic E-state index is 0.0887. The summed E-state index contributed by atoms with van der Waals surface area (Å²) in [4.78, 5) is 39.1. The normalized spacial score (nSPS) is 23.5. The number of Topliss-reactive ketones (excluding diaryl/α,β-unsaturated/α-hetero) is 2. The number of fused-ring (bicyclic) bond motifs is 1. The molecule has 31 heavy (non-hydrogen) atoms. The van der Waals surface area contributed by atoms with Crippen molar-refractivity contribution in [2.45, 2.75) is 75.5 Å². The molecule has 166 valence electrons. The van der Waals surface area contributed by atoms with Gasteiger partial charge in [-0.15, -0.1) is 0 Å². The van der Waals surface area contributed by atoms with Crippen LogP contribution in [0.4, 0.5) is 5.69 Å². The molecule has 0 saturated heterocycles. The van der Waals surface area contributed by atoms with Crippen molar-refractivity contribution in [1.29, 1.82) is 0 Å². The number of ketones is 2. The van der Waals surface area contributed by atoms with Crippen LogP contribution in [-0.4, -0.2) is 47.1 Å². The quantitative estimate of drug-likeness (QED) is 0.689. The minimum atomic E-state index is -3.53. The average Bonchev–Trinajstić information content (AvgIpc) is 2.98. The molecule has 1 unspecified atom stereocenters. The van der Waals surface area contributed by atoms with Gasteiger partial charge in [0.15, 0.2) is 5.78 Å². The number of anilines is 1. The Morgan fingerprint density at radius 3 is 2.39 bits per heavy atom. The lowest BCUT2D eigenvalue weighted by Crippen LogP contribution is -2.45. The number of hydrogen-bond acceptors (Lipinski definition) is 6. The van der Waals surface area contributed by atoms with E-state index < -0.39 is 21.3 Å². The van der Waals surface area contributed by atoms with Crippen LogP contribution in [0.15, 0.2) is 18.2 Å². The number of sulfonamides is 1. The third kappa shape index (κ3) is 4.43. The largest absolute Gasteiger partial charge is 0.300 e. The molecular weight excluding hydrogens is 436 g/mol. The minimum Gasteiger partial charge on any atom is -0.300 e. The number of rotatable bonds is 4. The summed E-state index contributed by atoms with van der Waals surface area (Å²) in [7, 11) is -3.53. The molecule has 4 rings (SSSR count). The molecule has 2 fully saturated rings. The van der Waals surface area contributed by atoms with Crippen LogP contribution < -0.4 is 4.72 Å². The molecule has 0 bridgehead atoms. The third-order valence-electron chi connectivity index (χ3n) is 6.43. The first-order valence-electron chi connectivity index (χ1n) is 10.9. The zero-order valence-electron chi connectivity index (χ0n) is 17.3. The first-order chi connectivity index (χ1) is 14.8. The van der Waals surface area contributed by atoms with E-state index >= 15 is 0 Å². The number of carbonyl (C=O) groups is 3. The zero-order valence-corrected chi connectivity index (χ0v) is 18.9. The number of thiocarbonyl (C=S) groups is 1. The second-order valence-corrected chi connectivity index (χ2v) is 10.9. The Kier molecular flexibility index (Phi) is 6.25. The van der Waals surface area contributed by atoms with Crippen LogP contribution in [0.5, 0.6) is 0 Å². The van der Waals surface area contributed by atoms with Gasteiger partial charge in [-0.1, -0.05) is 31.5 Å². The highest BCUT2D eigenvalue weighted by Gasteiger charge is 2.41. The molecule has 0 aromatic heterocycles. The third-order valence-corrected chi connectivity index (χ3v) is 8.71. The molecule has 2 aliphatic carbocycles. The van der Waals surface area contributed by atoms with Crippen LogP contribution in [-0.2, 0) is 19.6 Å². The van der Waals surface area contributed by atoms with Crippen molar-refractivity contribution in [2.75, 3.05) is 4.72 Å². The van der Waals surface area contributed by atoms with Crippen LogP contribution in [0.1, 0.15) is 80.1 Å². The Balaban J connectivity index is 1.57. The summed E-state index contributed by atoms with van der Waals surface area (Å²) >= 11 is 5.53. The lowest BCUT2D eigenvalue weighted by molar-refractivity contribution is -0.125. The van der Waals surface area contributed by atoms with Crippen LogP contribution in [0.25, 0.3) is 0 Å². The Labute approximate surface area is 187 Å². The topological polar surface area (TPSA) is 101 Å². The number of amides is 1. The highest BCUT2D eigenvalue weighted by molar-refractivity contribution is 7.93. The van der Waals surface area contributed by atoms with E-state index in [9.17, 15) is 22.8 Å². The molecule has 1 N–H and O–H groups in total. The van der Waals surface area contributed by atoms with Crippen molar-refractivity contribution in [2.24, 2.45) is 0 Å². The van der Waals surface area contributed by atoms with Gasteiger partial charge in [0.2, 0.25) is 10.0 Å². The van der Waals surface area contributed by atoms with Crippen molar-refractivity contribution in [1.82, 2.24) is 4.90 Å². The van der Waals surface area contributed by atoms with Crippen molar-refractivity contribution >= 4 is 50.4 Å². The Hall–Kier alpha value is -2.13. The van der Waals surface area contributed by atoms with E-state index in [1.54, 1.807) is 18.2 Å². The first kappa shape index (κ1) is 22.1. The maximum absolute atomic E-state index is 13.0. The molecule has 2 saturated carbocycles. The van der Waals surface area contributed by atoms with E-state index in [2.05, 4.69) is 4.72 Å². The monoisotopic (exact) mass is 462 g/mol. The molecule has 7 nitrogen and oxygen atoms in total. The molecular formula is C22H26N2O5S2. The number of nitrogens with one attached hydrogen (secondary N) is 1. The lowest BCUT2D eigenvalue weighted by Gasteiger charge is -2.27. The smallest absolute Gasteiger partial charge is 0.260 e. The maximum atomic E-state index is 13.0. The van der Waals surface area contributed by atoms with E-state index in [1.807, 2.05) is 0 Å². The van der Waals surface area contributed by atoms with Gasteiger partial charge in [-0.25, -0.2) is 8.42 Å². The molecule has 3 aliphatic rings. The highest BCUT2D eigenvalue weighted by Crippen LogP contribution is 2.32. The Morgan fingerprint density at radius 2 is 1.65 bits per heavy atom. The van der Waals surface area contributed by atoms with Crippen LogP contribution in [0, 0.1) is 0 Å². The van der Waals surface area contributed by atoms with Crippen LogP contribution >= 0.6 is 12.2 Å². The molecule has 1 aliphatic heterocycles. The standard InChI is InChI=1S/C22H26N2O5S2/c25-15-5-4-8-20(26)19(12-10-15)24-21(27)17-11-9-14(13-18(17)22(24)30)23-31(28,29)16-6-2-1-3-7-16/h9,11,13,16,19,23H,1-8,10,12H2. The molecule has 1 heterocycles. The SMILES string of the molecule is O=C1CCCC(=O)C(N2C(=O)c3ccc(NS(=O)(=O)C4CCCCC4)cc3C2=S)CC1. The number of benzene rings is 1. The average molecular weight is 463 g/mol. The van der Waals surface area contributed by atoms with Crippen molar-refractivity contribution < 1.29 is 22.8 Å². The molecule has 1 aromatic rings. The Bertz CT molecular complexity index is 1040. The predicted octanol–water partition coefficient (Wildman–Crippen LogP) is 3.36. The molecule has 9 heteroatoms. The van der Waals surface area contributed by atoms with Gasteiger partial charge < -0.3 is 0 Å². The molecule has 0 radical (unpaired) electrons. The van der Waals surface area contributed by atoms with E-state index in [-0.39, 0.29) is 41.7 Å². The second-order valence-electron chi connectivity index (χ2n) is 8.56. The van der Waals surface area contributed by atoms with Gasteiger partial charge in [-0.3, -0.25) is 24.0 Å². The molecule has 1 aromatic carbocycles. The van der Waals surface area contributed by atoms with Gasteiger partial charge in [0.1, 0.15) is 10.8 Å². The van der Waals surface area contributed by atoms with E-state index in [0.717, 1.165) is 19.3 Å². The van der Waals surface area contributed by atoms with Crippen LogP contribution in [0.3, 0.4) is 0 Å². The van der Waals surface area contributed by atoms with Gasteiger partial charge in [0.25, 0.3) is 5.91 Å². The summed E-state index contributed by atoms with van der Waals surface area (Å²) in [5.74, 6) is -0.366. The van der Waals surface area contributed by atoms with E-state index in [4.69, 9.17) is 12.2 Å². The van der Waals surface area contributed by atoms with Gasteiger partial charge in [0.05, 0.1) is 16.9 Å². The molecule has 1 amide bonds. The van der Waals surface area contributed by atoms with Crippen molar-refractivity contribution in [3.05, 3.63) is 29.3 Å². The second kappa shape index (κ2) is 8.78. The number of carbonyl (C=O) groups excluding carboxylic acids is 3. The fourth-order valence-corrected chi connectivity index (χ4v) is 6.67. The van der Waals surface area contributed by atoms with Gasteiger partial charge in [0, 0.05) is 30.5 Å². The first-order valence-corrected chi connectivity index (χ1v) is 12.8. The molecule has 0 spiro atoms. The van der Waals surface area contributed by atoms with Gasteiger partial charge in [-0.05, 0) is 43.9 Å². The fraction of sp³-hybridized carbons (Fsp3) is 0.545. The number of nitrogens with zero attached hydrogens (tertiary/aromatic N) is 1. The lowest BCUT2D eigenvalue weighted by atomic mass is 9.94. The van der Waals surface area contributed by atoms with Crippen molar-refractivity contribution in [3.8, 4) is 0 Å². The summed E-state index contributed by atoms with van der Waals surface area (Å²) in [6, 6.07) is 3.95. The highest BCUT2D eigenvalue weighted by atomic mass is 32.2. The summed E-state index contributed by atoms with van der Waals surface area (Å²) in [6.45, 7) is 0. The fourth-order valence-electron chi connectivity index (χ4n) is 4.71. The summed E-state index contributed by atoms with van der Waals surface area (Å²) in [5.41, 5.74) is 1.16. The van der Waals surface area contributed by atoms with Crippen LogP contribution in [0.2, 0.25) is 0 Å². The van der Waals surface area contributed by atoms with E-state index in [1.165, 1.54) is 4.90 Å². The summed E-state index contributed by atoms with van der Waals surface area (Å²) in [6.07, 6.45) is 5.78. The predicted molar refractivity (Wildman–Crippen MR) is 121 cm³/mol. The maximum Gasteiger partial charge on any atom is 0.260 e.